The second-order valence-electron chi connectivity index (χ2n) is 14.7. The van der Waals surface area contributed by atoms with Crippen LogP contribution in [0.15, 0.2) is 79.0 Å². The van der Waals surface area contributed by atoms with Crippen LogP contribution in [0.2, 0.25) is 0 Å². The monoisotopic (exact) mass is 727 g/mol. The highest BCUT2D eigenvalue weighted by Gasteiger charge is 2.39. The summed E-state index contributed by atoms with van der Waals surface area (Å²) in [7, 11) is 0. The second-order valence-corrected chi connectivity index (χ2v) is 14.7. The summed E-state index contributed by atoms with van der Waals surface area (Å²) in [6, 6.07) is 22.5. The van der Waals surface area contributed by atoms with E-state index < -0.39 is 6.04 Å². The van der Waals surface area contributed by atoms with Crippen LogP contribution in [-0.4, -0.2) is 92.4 Å². The molecule has 3 aromatic heterocycles. The molecule has 1 N–H and O–H groups in total. The number of fused-ring (bicyclic) bond motifs is 2. The maximum absolute atomic E-state index is 14.1. The normalized spacial score (nSPS) is 20.6. The lowest BCUT2D eigenvalue weighted by atomic mass is 10.0. The average molecular weight is 728 g/mol. The van der Waals surface area contributed by atoms with Crippen LogP contribution in [0.5, 0.6) is 0 Å². The van der Waals surface area contributed by atoms with Crippen molar-refractivity contribution in [2.75, 3.05) is 49.1 Å². The van der Waals surface area contributed by atoms with E-state index in [2.05, 4.69) is 37.1 Å². The number of anilines is 2. The van der Waals surface area contributed by atoms with Crippen molar-refractivity contribution in [3.63, 3.8) is 0 Å². The average Bonchev–Trinajstić information content (AvgIpc) is 3.93. The number of imide groups is 1. The van der Waals surface area contributed by atoms with Crippen LogP contribution in [0.4, 0.5) is 16.0 Å². The summed E-state index contributed by atoms with van der Waals surface area (Å²) in [5.74, 6) is 0.751. The Balaban J connectivity index is 0.808. The number of pyridine rings is 1. The molecule has 3 fully saturated rings. The zero-order valence-electron chi connectivity index (χ0n) is 30.0. The summed E-state index contributed by atoms with van der Waals surface area (Å²) in [5, 5.41) is 7.39. The molecular weight excluding hydrogens is 686 g/mol. The van der Waals surface area contributed by atoms with E-state index in [9.17, 15) is 18.8 Å². The Kier molecular flexibility index (Phi) is 9.01. The molecule has 4 aliphatic heterocycles. The number of hydrogen-bond donors (Lipinski definition) is 1. The number of carbonyl (C=O) groups excluding carboxylic acids is 3. The van der Waals surface area contributed by atoms with Gasteiger partial charge in [0.25, 0.3) is 5.91 Å². The van der Waals surface area contributed by atoms with E-state index in [0.717, 1.165) is 110 Å². The molecule has 0 spiro atoms. The Morgan fingerprint density at radius 2 is 1.70 bits per heavy atom. The fraction of sp³-hybridized carbons (Fsp3) is 0.366. The number of imidazole rings is 1. The molecule has 0 saturated carbocycles. The zero-order valence-corrected chi connectivity index (χ0v) is 30.0. The molecule has 9 rings (SSSR count). The molecule has 0 radical (unpaired) electrons. The molecule has 2 atom stereocenters. The minimum absolute atomic E-state index is 0.0717. The minimum Gasteiger partial charge on any atom is -0.354 e. The van der Waals surface area contributed by atoms with Gasteiger partial charge in [-0.15, -0.1) is 5.10 Å². The van der Waals surface area contributed by atoms with Gasteiger partial charge in [0.05, 0.1) is 17.9 Å². The summed E-state index contributed by atoms with van der Waals surface area (Å²) < 4.78 is 15.9. The number of aryl methyl sites for hydroxylation is 1. The smallest absolute Gasteiger partial charge is 0.255 e. The molecule has 7 heterocycles. The van der Waals surface area contributed by atoms with Gasteiger partial charge < -0.3 is 14.7 Å². The first-order valence-electron chi connectivity index (χ1n) is 19.0. The van der Waals surface area contributed by atoms with Gasteiger partial charge in [0.2, 0.25) is 11.8 Å². The fourth-order valence-electron chi connectivity index (χ4n) is 8.50. The van der Waals surface area contributed by atoms with Crippen molar-refractivity contribution in [3.05, 3.63) is 107 Å². The van der Waals surface area contributed by atoms with E-state index in [0.29, 0.717) is 18.5 Å². The highest BCUT2D eigenvalue weighted by Crippen LogP contribution is 2.36. The largest absolute Gasteiger partial charge is 0.354 e. The Bertz CT molecular complexity index is 2250. The number of amides is 3. The second kappa shape index (κ2) is 14.3. The van der Waals surface area contributed by atoms with Crippen LogP contribution >= 0.6 is 0 Å². The highest BCUT2D eigenvalue weighted by atomic mass is 19.1. The maximum atomic E-state index is 14.1. The van der Waals surface area contributed by atoms with Crippen molar-refractivity contribution in [1.82, 2.24) is 34.7 Å². The molecule has 0 bridgehead atoms. The number of hydrogen-bond acceptors (Lipinski definition) is 9. The number of piperazine rings is 1. The SMILES string of the molecule is O=C1CCC(N2Cc3ccc(CCCN4CCN(c5cccc(-c6cnc7ccc(N8CCC[C@@H]8c8cccc(F)c8)nn67)n5)CC4)cc3C2=O)C(=O)N1. The summed E-state index contributed by atoms with van der Waals surface area (Å²) in [4.78, 5) is 55.6. The number of aromatic nitrogens is 4. The Hall–Kier alpha value is -5.69. The highest BCUT2D eigenvalue weighted by molar-refractivity contribution is 6.05. The quantitative estimate of drug-likeness (QED) is 0.214. The molecule has 4 aliphatic rings. The predicted octanol–water partition coefficient (Wildman–Crippen LogP) is 4.79. The predicted molar refractivity (Wildman–Crippen MR) is 201 cm³/mol. The molecule has 54 heavy (non-hydrogen) atoms. The summed E-state index contributed by atoms with van der Waals surface area (Å²) >= 11 is 0. The molecular formula is C41H42FN9O3. The van der Waals surface area contributed by atoms with Crippen molar-refractivity contribution in [2.24, 2.45) is 0 Å². The molecule has 0 aliphatic carbocycles. The van der Waals surface area contributed by atoms with Crippen LogP contribution in [0.1, 0.15) is 65.2 Å². The minimum atomic E-state index is -0.595. The lowest BCUT2D eigenvalue weighted by molar-refractivity contribution is -0.136. The topological polar surface area (TPSA) is 119 Å². The van der Waals surface area contributed by atoms with Gasteiger partial charge in [-0.1, -0.05) is 30.3 Å². The number of piperidine rings is 1. The van der Waals surface area contributed by atoms with Gasteiger partial charge in [0.15, 0.2) is 5.65 Å². The maximum Gasteiger partial charge on any atom is 0.255 e. The van der Waals surface area contributed by atoms with Gasteiger partial charge in [0.1, 0.15) is 29.2 Å². The third-order valence-electron chi connectivity index (χ3n) is 11.4. The number of nitrogens with one attached hydrogen (secondary N) is 1. The number of rotatable bonds is 9. The van der Waals surface area contributed by atoms with Crippen LogP contribution in [-0.2, 0) is 22.6 Å². The van der Waals surface area contributed by atoms with E-state index in [1.165, 1.54) is 6.07 Å². The van der Waals surface area contributed by atoms with Gasteiger partial charge >= 0.3 is 0 Å². The molecule has 13 heteroatoms. The number of benzene rings is 2. The first-order chi connectivity index (χ1) is 26.4. The molecule has 3 saturated heterocycles. The fourth-order valence-corrected chi connectivity index (χ4v) is 8.50. The lowest BCUT2D eigenvalue weighted by Gasteiger charge is -2.35. The molecule has 1 unspecified atom stereocenters. The third kappa shape index (κ3) is 6.57. The first-order valence-corrected chi connectivity index (χ1v) is 19.0. The van der Waals surface area contributed by atoms with Gasteiger partial charge in [-0.2, -0.15) is 0 Å². The first kappa shape index (κ1) is 34.1. The Morgan fingerprint density at radius 1 is 0.833 bits per heavy atom. The van der Waals surface area contributed by atoms with Crippen molar-refractivity contribution >= 4 is 35.0 Å². The van der Waals surface area contributed by atoms with E-state index in [4.69, 9.17) is 10.1 Å². The molecule has 12 nitrogen and oxygen atoms in total. The number of carbonyl (C=O) groups is 3. The Morgan fingerprint density at radius 3 is 2.56 bits per heavy atom. The summed E-state index contributed by atoms with van der Waals surface area (Å²) in [6.45, 7) is 5.81. The van der Waals surface area contributed by atoms with Gasteiger partial charge in [-0.25, -0.2) is 18.9 Å². The number of nitrogens with zero attached hydrogens (tertiary/aromatic N) is 8. The standard InChI is InChI=1S/C41H42FN9O3/c42-30-7-1-6-28(24-30)33-9-4-18-49(33)38-15-14-36-43-25-35(51(36)46-38)32-8-2-10-37(44-32)48-21-19-47(20-22-48)17-3-5-27-11-12-29-26-50(41(54)31(29)23-27)34-13-16-39(52)45-40(34)53/h1-2,6-8,10-12,14-15,23-25,33-34H,3-5,9,13,16-22,26H2,(H,45,52,53)/t33-,34?/m1/s1. The van der Waals surface area contributed by atoms with Crippen LogP contribution in [0, 0.1) is 5.82 Å². The summed E-state index contributed by atoms with van der Waals surface area (Å²) in [6.07, 6.45) is 6.25. The van der Waals surface area contributed by atoms with Gasteiger partial charge in [0, 0.05) is 51.3 Å². The Labute approximate surface area is 312 Å². The van der Waals surface area contributed by atoms with Crippen LogP contribution < -0.4 is 15.1 Å². The van der Waals surface area contributed by atoms with E-state index in [1.807, 2.05) is 53.2 Å². The van der Waals surface area contributed by atoms with E-state index >= 15 is 0 Å². The molecule has 276 valence electrons. The zero-order chi connectivity index (χ0) is 36.8. The van der Waals surface area contributed by atoms with Crippen LogP contribution in [0.25, 0.3) is 17.0 Å². The van der Waals surface area contributed by atoms with E-state index in [-0.39, 0.29) is 36.0 Å². The number of halogens is 1. The van der Waals surface area contributed by atoms with Crippen LogP contribution in [0.3, 0.4) is 0 Å². The van der Waals surface area contributed by atoms with Gasteiger partial charge in [-0.05, 0) is 97.8 Å². The van der Waals surface area contributed by atoms with E-state index in [1.54, 1.807) is 17.0 Å². The third-order valence-corrected chi connectivity index (χ3v) is 11.4. The lowest BCUT2D eigenvalue weighted by Crippen LogP contribution is -2.52. The summed E-state index contributed by atoms with van der Waals surface area (Å²) in [5.41, 5.74) is 6.07. The van der Waals surface area contributed by atoms with Crippen molar-refractivity contribution in [1.29, 1.82) is 0 Å². The van der Waals surface area contributed by atoms with Gasteiger partial charge in [-0.3, -0.25) is 24.6 Å². The molecule has 3 amide bonds. The van der Waals surface area contributed by atoms with Crippen molar-refractivity contribution in [3.8, 4) is 11.4 Å². The molecule has 2 aromatic carbocycles. The van der Waals surface area contributed by atoms with Crippen molar-refractivity contribution in [2.45, 2.75) is 57.2 Å². The molecule has 5 aromatic rings. The van der Waals surface area contributed by atoms with Crippen molar-refractivity contribution < 1.29 is 18.8 Å².